The van der Waals surface area contributed by atoms with E-state index in [1.807, 2.05) is 67.6 Å². The van der Waals surface area contributed by atoms with Crippen molar-refractivity contribution in [3.8, 4) is 17.2 Å². The highest BCUT2D eigenvalue weighted by atomic mass is 16.5. The minimum atomic E-state index is -0.258. The predicted octanol–water partition coefficient (Wildman–Crippen LogP) is 4.94. The zero-order valence-corrected chi connectivity index (χ0v) is 18.2. The summed E-state index contributed by atoms with van der Waals surface area (Å²) < 4.78 is 16.2. The monoisotopic (exact) mass is 417 g/mol. The maximum absolute atomic E-state index is 12.9. The van der Waals surface area contributed by atoms with Crippen molar-refractivity contribution in [1.29, 1.82) is 0 Å². The van der Waals surface area contributed by atoms with E-state index in [-0.39, 0.29) is 11.9 Å². The summed E-state index contributed by atoms with van der Waals surface area (Å²) in [6.45, 7) is 2.04. The van der Waals surface area contributed by atoms with Crippen LogP contribution in [0.1, 0.15) is 28.3 Å². The van der Waals surface area contributed by atoms with E-state index in [1.54, 1.807) is 33.5 Å². The molecule has 5 nitrogen and oxygen atoms in total. The molecular weight excluding hydrogens is 390 g/mol. The van der Waals surface area contributed by atoms with Gasteiger partial charge in [0.1, 0.15) is 0 Å². The standard InChI is InChI=1S/C26H27NO4/c1-18-10-8-9-13-21(18)24(19-11-6-5-7-12-19)27-23(28)17-15-20-14-16-22(29-2)26(31-4)25(20)30-3/h5-17,24H,1-4H3,(H,27,28)/b17-15+/t24-/m1/s1. The smallest absolute Gasteiger partial charge is 0.244 e. The lowest BCUT2D eigenvalue weighted by Crippen LogP contribution is -2.28. The van der Waals surface area contributed by atoms with E-state index in [4.69, 9.17) is 14.2 Å². The number of rotatable bonds is 8. The minimum absolute atomic E-state index is 0.214. The molecule has 0 radical (unpaired) electrons. The first-order chi connectivity index (χ1) is 15.1. The minimum Gasteiger partial charge on any atom is -0.493 e. The number of amides is 1. The second-order valence-electron chi connectivity index (χ2n) is 6.97. The summed E-state index contributed by atoms with van der Waals surface area (Å²) in [4.78, 5) is 12.9. The molecule has 0 saturated carbocycles. The van der Waals surface area contributed by atoms with Gasteiger partial charge in [0.15, 0.2) is 11.5 Å². The Balaban J connectivity index is 1.89. The number of nitrogens with one attached hydrogen (secondary N) is 1. The number of aryl methyl sites for hydroxylation is 1. The SMILES string of the molecule is COc1ccc(/C=C/C(=O)N[C@H](c2ccccc2)c2ccccc2C)c(OC)c1OC. The van der Waals surface area contributed by atoms with Crippen molar-refractivity contribution < 1.29 is 19.0 Å². The Bertz CT molecular complexity index is 1060. The molecule has 0 bridgehead atoms. The van der Waals surface area contributed by atoms with Crippen molar-refractivity contribution in [2.45, 2.75) is 13.0 Å². The molecule has 0 fully saturated rings. The number of benzene rings is 3. The van der Waals surface area contributed by atoms with Gasteiger partial charge in [-0.2, -0.15) is 0 Å². The second-order valence-corrected chi connectivity index (χ2v) is 6.97. The van der Waals surface area contributed by atoms with Crippen molar-refractivity contribution in [2.75, 3.05) is 21.3 Å². The lowest BCUT2D eigenvalue weighted by molar-refractivity contribution is -0.116. The van der Waals surface area contributed by atoms with E-state index < -0.39 is 0 Å². The van der Waals surface area contributed by atoms with Crippen molar-refractivity contribution in [3.63, 3.8) is 0 Å². The van der Waals surface area contributed by atoms with Crippen LogP contribution in [-0.4, -0.2) is 27.2 Å². The Kier molecular flexibility index (Phi) is 7.33. The number of methoxy groups -OCH3 is 3. The Hall–Kier alpha value is -3.73. The average molecular weight is 418 g/mol. The zero-order valence-electron chi connectivity index (χ0n) is 18.2. The summed E-state index contributed by atoms with van der Waals surface area (Å²) >= 11 is 0. The summed E-state index contributed by atoms with van der Waals surface area (Å²) in [6, 6.07) is 21.3. The fourth-order valence-corrected chi connectivity index (χ4v) is 3.51. The van der Waals surface area contributed by atoms with Gasteiger partial charge in [-0.05, 0) is 41.8 Å². The van der Waals surface area contributed by atoms with Crippen LogP contribution in [0.15, 0.2) is 72.8 Å². The number of carbonyl (C=O) groups is 1. The van der Waals surface area contributed by atoms with Gasteiger partial charge in [0.2, 0.25) is 11.7 Å². The number of ether oxygens (including phenoxy) is 3. The third kappa shape index (κ3) is 5.07. The van der Waals surface area contributed by atoms with E-state index in [0.717, 1.165) is 16.7 Å². The van der Waals surface area contributed by atoms with Gasteiger partial charge >= 0.3 is 0 Å². The van der Waals surface area contributed by atoms with E-state index >= 15 is 0 Å². The average Bonchev–Trinajstić information content (AvgIpc) is 2.81. The summed E-state index contributed by atoms with van der Waals surface area (Å²) in [5.41, 5.74) is 3.89. The van der Waals surface area contributed by atoms with Crippen LogP contribution in [0.25, 0.3) is 6.08 Å². The zero-order chi connectivity index (χ0) is 22.2. The van der Waals surface area contributed by atoms with Crippen LogP contribution >= 0.6 is 0 Å². The van der Waals surface area contributed by atoms with E-state index in [1.165, 1.54) is 6.08 Å². The van der Waals surface area contributed by atoms with Gasteiger partial charge < -0.3 is 19.5 Å². The van der Waals surface area contributed by atoms with Crippen molar-refractivity contribution in [3.05, 3.63) is 95.1 Å². The van der Waals surface area contributed by atoms with Gasteiger partial charge in [-0.3, -0.25) is 4.79 Å². The first-order valence-electron chi connectivity index (χ1n) is 9.97. The summed E-state index contributed by atoms with van der Waals surface area (Å²) in [6.07, 6.45) is 3.20. The largest absolute Gasteiger partial charge is 0.493 e. The highest BCUT2D eigenvalue weighted by molar-refractivity contribution is 5.93. The van der Waals surface area contributed by atoms with Crippen molar-refractivity contribution in [2.24, 2.45) is 0 Å². The highest BCUT2D eigenvalue weighted by Gasteiger charge is 2.18. The fraction of sp³-hybridized carbons (Fsp3) is 0.192. The molecular formula is C26H27NO4. The molecule has 0 aliphatic carbocycles. The molecule has 0 aliphatic rings. The first kappa shape index (κ1) is 22.0. The molecule has 0 spiro atoms. The third-order valence-corrected chi connectivity index (χ3v) is 5.07. The summed E-state index contributed by atoms with van der Waals surface area (Å²) in [7, 11) is 4.67. The molecule has 1 N–H and O–H groups in total. The normalized spacial score (nSPS) is 11.7. The Morgan fingerprint density at radius 2 is 1.52 bits per heavy atom. The Morgan fingerprint density at radius 3 is 2.16 bits per heavy atom. The second kappa shape index (κ2) is 10.3. The van der Waals surface area contributed by atoms with Gasteiger partial charge in [-0.15, -0.1) is 0 Å². The molecule has 3 rings (SSSR count). The van der Waals surface area contributed by atoms with E-state index in [9.17, 15) is 4.79 Å². The Morgan fingerprint density at radius 1 is 0.839 bits per heavy atom. The molecule has 0 heterocycles. The molecule has 31 heavy (non-hydrogen) atoms. The van der Waals surface area contributed by atoms with Crippen LogP contribution in [0.4, 0.5) is 0 Å². The topological polar surface area (TPSA) is 56.8 Å². The maximum atomic E-state index is 12.9. The lowest BCUT2D eigenvalue weighted by Gasteiger charge is -2.21. The van der Waals surface area contributed by atoms with E-state index in [0.29, 0.717) is 22.8 Å². The molecule has 160 valence electrons. The number of hydrogen-bond acceptors (Lipinski definition) is 4. The molecule has 0 saturated heterocycles. The number of hydrogen-bond donors (Lipinski definition) is 1. The summed E-state index contributed by atoms with van der Waals surface area (Å²) in [5, 5.41) is 3.13. The van der Waals surface area contributed by atoms with Crippen LogP contribution in [0, 0.1) is 6.92 Å². The molecule has 0 unspecified atom stereocenters. The molecule has 3 aromatic carbocycles. The number of carbonyl (C=O) groups excluding carboxylic acids is 1. The van der Waals surface area contributed by atoms with E-state index in [2.05, 4.69) is 5.32 Å². The quantitative estimate of drug-likeness (QED) is 0.528. The highest BCUT2D eigenvalue weighted by Crippen LogP contribution is 2.40. The molecule has 5 heteroatoms. The predicted molar refractivity (Wildman–Crippen MR) is 123 cm³/mol. The van der Waals surface area contributed by atoms with Crippen LogP contribution < -0.4 is 19.5 Å². The van der Waals surface area contributed by atoms with Crippen molar-refractivity contribution in [1.82, 2.24) is 5.32 Å². The van der Waals surface area contributed by atoms with Gasteiger partial charge in [-0.25, -0.2) is 0 Å². The van der Waals surface area contributed by atoms with Gasteiger partial charge in [0, 0.05) is 11.6 Å². The lowest BCUT2D eigenvalue weighted by atomic mass is 9.95. The molecule has 1 amide bonds. The fourth-order valence-electron chi connectivity index (χ4n) is 3.51. The van der Waals surface area contributed by atoms with Crippen LogP contribution in [0.5, 0.6) is 17.2 Å². The molecule has 0 aromatic heterocycles. The molecule has 3 aromatic rings. The molecule has 1 atom stereocenters. The Labute approximate surface area is 183 Å². The van der Waals surface area contributed by atoms with Crippen LogP contribution in [-0.2, 0) is 4.79 Å². The van der Waals surface area contributed by atoms with Crippen LogP contribution in [0.3, 0.4) is 0 Å². The first-order valence-corrected chi connectivity index (χ1v) is 9.97. The third-order valence-electron chi connectivity index (χ3n) is 5.07. The van der Waals surface area contributed by atoms with Gasteiger partial charge in [0.25, 0.3) is 0 Å². The van der Waals surface area contributed by atoms with Crippen molar-refractivity contribution >= 4 is 12.0 Å². The summed E-state index contributed by atoms with van der Waals surface area (Å²) in [5.74, 6) is 1.33. The van der Waals surface area contributed by atoms with Gasteiger partial charge in [0.05, 0.1) is 27.4 Å². The van der Waals surface area contributed by atoms with Crippen LogP contribution in [0.2, 0.25) is 0 Å². The van der Waals surface area contributed by atoms with Gasteiger partial charge in [-0.1, -0.05) is 54.6 Å². The molecule has 0 aliphatic heterocycles. The maximum Gasteiger partial charge on any atom is 0.244 e.